The summed E-state index contributed by atoms with van der Waals surface area (Å²) < 4.78 is 16.4. The lowest BCUT2D eigenvalue weighted by molar-refractivity contribution is -0.203. The Labute approximate surface area is 129 Å². The minimum Gasteiger partial charge on any atom is -0.464 e. The smallest absolute Gasteiger partial charge is 0.376 e. The molecule has 1 aliphatic heterocycles. The molecule has 0 spiro atoms. The van der Waals surface area contributed by atoms with E-state index in [2.05, 4.69) is 0 Å². The summed E-state index contributed by atoms with van der Waals surface area (Å²) >= 11 is 0. The zero-order chi connectivity index (χ0) is 15.7. The second-order valence-corrected chi connectivity index (χ2v) is 5.49. The number of hydrogen-bond donors (Lipinski definition) is 0. The number of aryl methyl sites for hydroxylation is 1. The predicted molar refractivity (Wildman–Crippen MR) is 81.6 cm³/mol. The summed E-state index contributed by atoms with van der Waals surface area (Å²) in [5.74, 6) is 0.0898. The highest BCUT2D eigenvalue weighted by molar-refractivity contribution is 5.74. The van der Waals surface area contributed by atoms with Gasteiger partial charge in [-0.15, -0.1) is 0 Å². The van der Waals surface area contributed by atoms with Crippen LogP contribution < -0.4 is 4.74 Å². The lowest BCUT2D eigenvalue weighted by atomic mass is 9.85. The van der Waals surface area contributed by atoms with Crippen molar-refractivity contribution >= 4 is 5.97 Å². The largest absolute Gasteiger partial charge is 0.464 e. The summed E-state index contributed by atoms with van der Waals surface area (Å²) in [6, 6.07) is 15.6. The molecule has 0 N–H and O–H groups in total. The third kappa shape index (κ3) is 2.35. The number of benzene rings is 2. The van der Waals surface area contributed by atoms with Gasteiger partial charge in [-0.1, -0.05) is 42.0 Å². The Morgan fingerprint density at radius 3 is 2.59 bits per heavy atom. The first-order valence-corrected chi connectivity index (χ1v) is 7.13. The van der Waals surface area contributed by atoms with Crippen LogP contribution in [0.4, 0.5) is 0 Å². The number of carbonyl (C=O) groups excluding carboxylic acids is 1. The topological polar surface area (TPSA) is 44.8 Å². The Kier molecular flexibility index (Phi) is 3.62. The lowest BCUT2D eigenvalue weighted by Gasteiger charge is -2.39. The Morgan fingerprint density at radius 2 is 1.91 bits per heavy atom. The molecule has 4 heteroatoms. The maximum Gasteiger partial charge on any atom is 0.376 e. The molecule has 114 valence electrons. The fourth-order valence-electron chi connectivity index (χ4n) is 2.71. The highest BCUT2D eigenvalue weighted by atomic mass is 16.7. The minimum absolute atomic E-state index is 0.548. The van der Waals surface area contributed by atoms with Crippen LogP contribution in [0.25, 0.3) is 0 Å². The fourth-order valence-corrected chi connectivity index (χ4v) is 2.71. The van der Waals surface area contributed by atoms with Crippen LogP contribution in [0.15, 0.2) is 48.5 Å². The average molecular weight is 298 g/mol. The Hall–Kier alpha value is -2.33. The van der Waals surface area contributed by atoms with Gasteiger partial charge in [-0.05, 0) is 31.5 Å². The number of fused-ring (bicyclic) bond motifs is 1. The van der Waals surface area contributed by atoms with E-state index < -0.39 is 17.9 Å². The summed E-state index contributed by atoms with van der Waals surface area (Å²) in [6.07, 6.45) is -1.08. The van der Waals surface area contributed by atoms with Crippen molar-refractivity contribution in [1.29, 1.82) is 0 Å². The molecule has 1 aliphatic rings. The van der Waals surface area contributed by atoms with E-state index >= 15 is 0 Å². The Bertz CT molecular complexity index is 695. The fraction of sp³-hybridized carbons (Fsp3) is 0.278. The van der Waals surface area contributed by atoms with Crippen LogP contribution in [0.1, 0.15) is 23.6 Å². The van der Waals surface area contributed by atoms with Gasteiger partial charge in [0.1, 0.15) is 11.4 Å². The van der Waals surface area contributed by atoms with Gasteiger partial charge in [0.2, 0.25) is 0 Å². The summed E-state index contributed by atoms with van der Waals surface area (Å²) in [7, 11) is 1.32. The molecule has 0 radical (unpaired) electrons. The quantitative estimate of drug-likeness (QED) is 0.799. The highest BCUT2D eigenvalue weighted by Crippen LogP contribution is 2.43. The third-order valence-electron chi connectivity index (χ3n) is 3.94. The maximum absolute atomic E-state index is 11.9. The van der Waals surface area contributed by atoms with Crippen molar-refractivity contribution in [3.05, 3.63) is 65.2 Å². The van der Waals surface area contributed by atoms with E-state index in [1.54, 1.807) is 0 Å². The molecule has 2 aromatic rings. The summed E-state index contributed by atoms with van der Waals surface area (Å²) in [4.78, 5) is 11.9. The van der Waals surface area contributed by atoms with Crippen LogP contribution in [0.3, 0.4) is 0 Å². The summed E-state index contributed by atoms with van der Waals surface area (Å²) in [5, 5.41) is 0. The van der Waals surface area contributed by atoms with Crippen LogP contribution in [0.2, 0.25) is 0 Å². The normalized spacial score (nSPS) is 23.3. The van der Waals surface area contributed by atoms with Crippen LogP contribution in [0, 0.1) is 6.92 Å². The Morgan fingerprint density at radius 1 is 1.18 bits per heavy atom. The van der Waals surface area contributed by atoms with Crippen LogP contribution in [0.5, 0.6) is 5.75 Å². The second-order valence-electron chi connectivity index (χ2n) is 5.49. The van der Waals surface area contributed by atoms with Gasteiger partial charge in [0.25, 0.3) is 0 Å². The predicted octanol–water partition coefficient (Wildman–Crippen LogP) is 3.17. The highest BCUT2D eigenvalue weighted by Gasteiger charge is 2.43. The van der Waals surface area contributed by atoms with Crippen molar-refractivity contribution in [2.75, 3.05) is 7.11 Å². The van der Waals surface area contributed by atoms with Gasteiger partial charge in [-0.25, -0.2) is 4.79 Å². The molecule has 0 aromatic heterocycles. The van der Waals surface area contributed by atoms with Crippen molar-refractivity contribution in [2.45, 2.75) is 25.7 Å². The van der Waals surface area contributed by atoms with E-state index in [0.717, 1.165) is 16.7 Å². The number of esters is 1. The van der Waals surface area contributed by atoms with E-state index in [1.807, 2.05) is 62.4 Å². The lowest BCUT2D eigenvalue weighted by Crippen LogP contribution is -2.44. The molecule has 2 atom stereocenters. The van der Waals surface area contributed by atoms with Crippen LogP contribution in [-0.4, -0.2) is 19.4 Å². The van der Waals surface area contributed by atoms with Crippen LogP contribution in [-0.2, 0) is 19.9 Å². The zero-order valence-corrected chi connectivity index (χ0v) is 12.8. The molecule has 4 nitrogen and oxygen atoms in total. The maximum atomic E-state index is 11.9. The number of carbonyl (C=O) groups is 1. The second kappa shape index (κ2) is 5.46. The van der Waals surface area contributed by atoms with Gasteiger partial charge < -0.3 is 14.2 Å². The van der Waals surface area contributed by atoms with Gasteiger partial charge in [0, 0.05) is 5.56 Å². The standard InChI is InChI=1S/C18H18O4/c1-12-9-10-15-14(11-12)18(2,13-7-5-4-6-8-13)22-17(21-15)16(19)20-3/h4-11,17H,1-3H3. The molecule has 2 aromatic carbocycles. The molecular formula is C18H18O4. The molecular weight excluding hydrogens is 280 g/mol. The monoisotopic (exact) mass is 298 g/mol. The summed E-state index contributed by atoms with van der Waals surface area (Å²) in [5.41, 5.74) is 2.18. The van der Waals surface area contributed by atoms with E-state index in [-0.39, 0.29) is 0 Å². The van der Waals surface area contributed by atoms with Crippen molar-refractivity contribution in [3.8, 4) is 5.75 Å². The SMILES string of the molecule is COC(=O)C1Oc2ccc(C)cc2C(C)(c2ccccc2)O1. The molecule has 3 rings (SSSR count). The molecule has 0 bridgehead atoms. The van der Waals surface area contributed by atoms with Crippen molar-refractivity contribution in [1.82, 2.24) is 0 Å². The molecule has 0 saturated carbocycles. The molecule has 1 heterocycles. The zero-order valence-electron chi connectivity index (χ0n) is 12.8. The molecule has 2 unspecified atom stereocenters. The van der Waals surface area contributed by atoms with Gasteiger partial charge in [0.15, 0.2) is 0 Å². The average Bonchev–Trinajstić information content (AvgIpc) is 2.55. The first-order chi connectivity index (χ1) is 10.5. The molecule has 0 amide bonds. The summed E-state index contributed by atoms with van der Waals surface area (Å²) in [6.45, 7) is 3.96. The molecule has 22 heavy (non-hydrogen) atoms. The third-order valence-corrected chi connectivity index (χ3v) is 3.94. The number of hydrogen-bond acceptors (Lipinski definition) is 4. The van der Waals surface area contributed by atoms with Crippen molar-refractivity contribution in [2.24, 2.45) is 0 Å². The van der Waals surface area contributed by atoms with Gasteiger partial charge in [-0.3, -0.25) is 0 Å². The molecule has 0 saturated heterocycles. The van der Waals surface area contributed by atoms with Crippen molar-refractivity contribution in [3.63, 3.8) is 0 Å². The van der Waals surface area contributed by atoms with E-state index in [9.17, 15) is 4.79 Å². The van der Waals surface area contributed by atoms with Crippen molar-refractivity contribution < 1.29 is 19.0 Å². The molecule has 0 aliphatic carbocycles. The molecule has 0 fully saturated rings. The number of rotatable bonds is 2. The first-order valence-electron chi connectivity index (χ1n) is 7.13. The van der Waals surface area contributed by atoms with Gasteiger partial charge in [0.05, 0.1) is 7.11 Å². The van der Waals surface area contributed by atoms with E-state index in [1.165, 1.54) is 7.11 Å². The number of methoxy groups -OCH3 is 1. The minimum atomic E-state index is -1.08. The Balaban J connectivity index is 2.15. The van der Waals surface area contributed by atoms with E-state index in [0.29, 0.717) is 5.75 Å². The van der Waals surface area contributed by atoms with Crippen LogP contribution >= 0.6 is 0 Å². The first kappa shape index (κ1) is 14.6. The van der Waals surface area contributed by atoms with Gasteiger partial charge in [-0.2, -0.15) is 0 Å². The number of ether oxygens (including phenoxy) is 3. The van der Waals surface area contributed by atoms with Gasteiger partial charge >= 0.3 is 12.3 Å². The van der Waals surface area contributed by atoms with E-state index in [4.69, 9.17) is 14.2 Å².